The minimum Gasteiger partial charge on any atom is -0.481 e. The van der Waals surface area contributed by atoms with Crippen LogP contribution < -0.4 is 5.32 Å². The predicted octanol–water partition coefficient (Wildman–Crippen LogP) is 3.64. The number of benzene rings is 1. The highest BCUT2D eigenvalue weighted by Gasteiger charge is 2.35. The van der Waals surface area contributed by atoms with Crippen LogP contribution in [0.2, 0.25) is 5.02 Å². The Morgan fingerprint density at radius 2 is 2.00 bits per heavy atom. The second kappa shape index (κ2) is 6.31. The Hall–Kier alpha value is -1.81. The van der Waals surface area contributed by atoms with Gasteiger partial charge in [0.05, 0.1) is 11.8 Å². The molecule has 112 valence electrons. The quantitative estimate of drug-likeness (QED) is 0.838. The zero-order chi connectivity index (χ0) is 15.6. The maximum Gasteiger partial charge on any atom is 0.307 e. The number of aliphatic carboxylic acids is 1. The van der Waals surface area contributed by atoms with Gasteiger partial charge in [0.2, 0.25) is 5.91 Å². The third-order valence-electron chi connectivity index (χ3n) is 3.93. The van der Waals surface area contributed by atoms with E-state index in [2.05, 4.69) is 5.32 Å². The van der Waals surface area contributed by atoms with E-state index in [1.807, 2.05) is 19.9 Å². The van der Waals surface area contributed by atoms with Crippen LogP contribution in [-0.4, -0.2) is 17.0 Å². The Morgan fingerprint density at radius 3 is 2.67 bits per heavy atom. The van der Waals surface area contributed by atoms with Gasteiger partial charge in [0.25, 0.3) is 0 Å². The van der Waals surface area contributed by atoms with Crippen molar-refractivity contribution in [2.24, 2.45) is 11.8 Å². The second-order valence-corrected chi connectivity index (χ2v) is 5.85. The molecule has 2 atom stereocenters. The summed E-state index contributed by atoms with van der Waals surface area (Å²) in [6.45, 7) is 3.74. The van der Waals surface area contributed by atoms with Crippen molar-refractivity contribution in [3.05, 3.63) is 40.4 Å². The SMILES string of the molecule is CC1=CC[C@@H](C(=O)O)[C@@H](C(=O)Nc2cccc(Cl)c2C)C1. The molecular weight excluding hydrogens is 290 g/mol. The Morgan fingerprint density at radius 1 is 1.29 bits per heavy atom. The highest BCUT2D eigenvalue weighted by molar-refractivity contribution is 6.31. The molecule has 0 bridgehead atoms. The van der Waals surface area contributed by atoms with Crippen LogP contribution in [-0.2, 0) is 9.59 Å². The number of carboxylic acid groups (broad SMARTS) is 1. The Balaban J connectivity index is 2.20. The lowest BCUT2D eigenvalue weighted by Crippen LogP contribution is -2.35. The van der Waals surface area contributed by atoms with Crippen LogP contribution >= 0.6 is 11.6 Å². The van der Waals surface area contributed by atoms with Gasteiger partial charge >= 0.3 is 5.97 Å². The first kappa shape index (κ1) is 15.6. The zero-order valence-corrected chi connectivity index (χ0v) is 12.8. The molecule has 1 aromatic carbocycles. The van der Waals surface area contributed by atoms with E-state index in [1.165, 1.54) is 0 Å². The molecule has 1 amide bonds. The highest BCUT2D eigenvalue weighted by atomic mass is 35.5. The number of hydrogen-bond donors (Lipinski definition) is 2. The van der Waals surface area contributed by atoms with Gasteiger partial charge in [0, 0.05) is 10.7 Å². The number of carbonyl (C=O) groups excluding carboxylic acids is 1. The summed E-state index contributed by atoms with van der Waals surface area (Å²) in [5, 5.41) is 12.7. The first-order chi connectivity index (χ1) is 9.90. The van der Waals surface area contributed by atoms with Crippen molar-refractivity contribution in [2.45, 2.75) is 26.7 Å². The number of carbonyl (C=O) groups is 2. The number of halogens is 1. The number of carboxylic acids is 1. The van der Waals surface area contributed by atoms with Gasteiger partial charge in [-0.05, 0) is 44.4 Å². The molecule has 0 spiro atoms. The van der Waals surface area contributed by atoms with Crippen LogP contribution in [0.3, 0.4) is 0 Å². The second-order valence-electron chi connectivity index (χ2n) is 5.44. The van der Waals surface area contributed by atoms with Gasteiger partial charge in [-0.15, -0.1) is 0 Å². The van der Waals surface area contributed by atoms with Gasteiger partial charge in [-0.25, -0.2) is 0 Å². The number of anilines is 1. The number of hydrogen-bond acceptors (Lipinski definition) is 2. The maximum absolute atomic E-state index is 12.4. The van der Waals surface area contributed by atoms with Crippen LogP contribution in [0.25, 0.3) is 0 Å². The molecule has 0 aromatic heterocycles. The Labute approximate surface area is 128 Å². The lowest BCUT2D eigenvalue weighted by atomic mass is 9.79. The van der Waals surface area contributed by atoms with Crippen molar-refractivity contribution in [3.8, 4) is 0 Å². The number of rotatable bonds is 3. The number of amides is 1. The number of nitrogens with one attached hydrogen (secondary N) is 1. The van der Waals surface area contributed by atoms with Crippen molar-refractivity contribution in [2.75, 3.05) is 5.32 Å². The molecule has 0 radical (unpaired) electrons. The smallest absolute Gasteiger partial charge is 0.307 e. The van der Waals surface area contributed by atoms with Gasteiger partial charge in [0.1, 0.15) is 0 Å². The molecule has 5 heteroatoms. The van der Waals surface area contributed by atoms with Crippen molar-refractivity contribution >= 4 is 29.2 Å². The van der Waals surface area contributed by atoms with Crippen LogP contribution in [0.4, 0.5) is 5.69 Å². The van der Waals surface area contributed by atoms with Gasteiger partial charge < -0.3 is 10.4 Å². The monoisotopic (exact) mass is 307 g/mol. The fraction of sp³-hybridized carbons (Fsp3) is 0.375. The molecule has 0 fully saturated rings. The van der Waals surface area contributed by atoms with Crippen LogP contribution in [0.1, 0.15) is 25.3 Å². The van der Waals surface area contributed by atoms with Crippen molar-refractivity contribution in [1.29, 1.82) is 0 Å². The largest absolute Gasteiger partial charge is 0.481 e. The van der Waals surface area contributed by atoms with Crippen LogP contribution in [0.5, 0.6) is 0 Å². The average molecular weight is 308 g/mol. The molecule has 21 heavy (non-hydrogen) atoms. The normalized spacial score (nSPS) is 21.6. The third kappa shape index (κ3) is 3.45. The lowest BCUT2D eigenvalue weighted by Gasteiger charge is -2.27. The van der Waals surface area contributed by atoms with E-state index in [9.17, 15) is 14.7 Å². The Bertz CT molecular complexity index is 610. The van der Waals surface area contributed by atoms with Crippen molar-refractivity contribution in [3.63, 3.8) is 0 Å². The van der Waals surface area contributed by atoms with Crippen molar-refractivity contribution < 1.29 is 14.7 Å². The average Bonchev–Trinajstić information content (AvgIpc) is 2.43. The van der Waals surface area contributed by atoms with E-state index in [1.54, 1.807) is 18.2 Å². The first-order valence-electron chi connectivity index (χ1n) is 6.84. The predicted molar refractivity (Wildman–Crippen MR) is 82.4 cm³/mol. The fourth-order valence-electron chi connectivity index (χ4n) is 2.58. The molecule has 1 aliphatic rings. The molecule has 0 unspecified atom stereocenters. The summed E-state index contributed by atoms with van der Waals surface area (Å²) in [5.74, 6) is -2.42. The molecule has 2 N–H and O–H groups in total. The van der Waals surface area contributed by atoms with Gasteiger partial charge in [0.15, 0.2) is 0 Å². The summed E-state index contributed by atoms with van der Waals surface area (Å²) >= 11 is 6.03. The zero-order valence-electron chi connectivity index (χ0n) is 12.0. The first-order valence-corrected chi connectivity index (χ1v) is 7.22. The van der Waals surface area contributed by atoms with E-state index >= 15 is 0 Å². The summed E-state index contributed by atoms with van der Waals surface area (Å²) in [6, 6.07) is 5.27. The third-order valence-corrected chi connectivity index (χ3v) is 4.34. The maximum atomic E-state index is 12.4. The van der Waals surface area contributed by atoms with Gasteiger partial charge in [-0.1, -0.05) is 29.3 Å². The molecule has 4 nitrogen and oxygen atoms in total. The summed E-state index contributed by atoms with van der Waals surface area (Å²) in [4.78, 5) is 23.8. The molecule has 1 aromatic rings. The molecule has 0 saturated carbocycles. The summed E-state index contributed by atoms with van der Waals surface area (Å²) in [5.41, 5.74) is 2.46. The van der Waals surface area contributed by atoms with E-state index in [4.69, 9.17) is 11.6 Å². The van der Waals surface area contributed by atoms with E-state index in [0.29, 0.717) is 23.6 Å². The minimum atomic E-state index is -0.929. The van der Waals surface area contributed by atoms with E-state index in [0.717, 1.165) is 11.1 Å². The summed E-state index contributed by atoms with van der Waals surface area (Å²) in [7, 11) is 0. The summed E-state index contributed by atoms with van der Waals surface area (Å²) < 4.78 is 0. The topological polar surface area (TPSA) is 66.4 Å². The molecule has 2 rings (SSSR count). The molecule has 1 aliphatic carbocycles. The fourth-order valence-corrected chi connectivity index (χ4v) is 2.76. The highest BCUT2D eigenvalue weighted by Crippen LogP contribution is 2.32. The lowest BCUT2D eigenvalue weighted by molar-refractivity contribution is -0.146. The Kier molecular flexibility index (Phi) is 4.68. The summed E-state index contributed by atoms with van der Waals surface area (Å²) in [6.07, 6.45) is 2.77. The molecule has 0 aliphatic heterocycles. The van der Waals surface area contributed by atoms with E-state index in [-0.39, 0.29) is 5.91 Å². The molecule has 0 saturated heterocycles. The van der Waals surface area contributed by atoms with Crippen LogP contribution in [0, 0.1) is 18.8 Å². The van der Waals surface area contributed by atoms with E-state index < -0.39 is 17.8 Å². The number of allylic oxidation sites excluding steroid dienone is 2. The minimum absolute atomic E-state index is 0.264. The van der Waals surface area contributed by atoms with Gasteiger partial charge in [-0.3, -0.25) is 9.59 Å². The molecular formula is C16H18ClNO3. The van der Waals surface area contributed by atoms with Crippen LogP contribution in [0.15, 0.2) is 29.8 Å². The van der Waals surface area contributed by atoms with Crippen molar-refractivity contribution in [1.82, 2.24) is 0 Å². The van der Waals surface area contributed by atoms with Gasteiger partial charge in [-0.2, -0.15) is 0 Å². The molecule has 0 heterocycles. The standard InChI is InChI=1S/C16H18ClNO3/c1-9-6-7-11(16(20)21)12(8-9)15(19)18-14-5-3-4-13(17)10(14)2/h3-6,11-12H,7-8H2,1-2H3,(H,18,19)(H,20,21)/t11-,12+/m1/s1.